The van der Waals surface area contributed by atoms with Crippen molar-refractivity contribution in [2.24, 2.45) is 0 Å². The first-order valence-corrected chi connectivity index (χ1v) is 4.48. The predicted molar refractivity (Wildman–Crippen MR) is 47.8 cm³/mol. The van der Waals surface area contributed by atoms with Gasteiger partial charge in [-0.25, -0.2) is 4.79 Å². The van der Waals surface area contributed by atoms with Crippen molar-refractivity contribution in [2.75, 3.05) is 6.54 Å². The number of aliphatic hydroxyl groups excluding tert-OH is 1. The molecule has 0 saturated carbocycles. The molecule has 1 saturated heterocycles. The van der Waals surface area contributed by atoms with Crippen LogP contribution in [0.1, 0.15) is 12.8 Å². The zero-order valence-corrected chi connectivity index (χ0v) is 7.90. The van der Waals surface area contributed by atoms with Gasteiger partial charge < -0.3 is 20.8 Å². The average molecular weight is 216 g/mol. The summed E-state index contributed by atoms with van der Waals surface area (Å²) in [6.45, 7) is -0.361. The van der Waals surface area contributed by atoms with Crippen LogP contribution in [-0.2, 0) is 14.4 Å². The summed E-state index contributed by atoms with van der Waals surface area (Å²) in [5.41, 5.74) is 0. The Morgan fingerprint density at radius 1 is 1.60 bits per heavy atom. The number of carboxylic acid groups (broad SMARTS) is 1. The van der Waals surface area contributed by atoms with Gasteiger partial charge in [0.2, 0.25) is 11.8 Å². The Hall–Kier alpha value is -1.63. The van der Waals surface area contributed by atoms with Gasteiger partial charge in [-0.05, 0) is 6.42 Å². The van der Waals surface area contributed by atoms with Gasteiger partial charge in [-0.2, -0.15) is 0 Å². The van der Waals surface area contributed by atoms with Crippen LogP contribution < -0.4 is 10.6 Å². The van der Waals surface area contributed by atoms with Crippen LogP contribution >= 0.6 is 0 Å². The minimum Gasteiger partial charge on any atom is -0.479 e. The smallest absolute Gasteiger partial charge is 0.334 e. The van der Waals surface area contributed by atoms with Crippen LogP contribution in [-0.4, -0.2) is 46.7 Å². The van der Waals surface area contributed by atoms with Crippen molar-refractivity contribution in [3.8, 4) is 0 Å². The molecule has 0 aromatic rings. The summed E-state index contributed by atoms with van der Waals surface area (Å²) in [6.07, 6.45) is -0.931. The van der Waals surface area contributed by atoms with E-state index in [4.69, 9.17) is 10.2 Å². The van der Waals surface area contributed by atoms with Crippen LogP contribution in [0.2, 0.25) is 0 Å². The molecule has 7 heteroatoms. The van der Waals surface area contributed by atoms with Crippen molar-refractivity contribution in [3.05, 3.63) is 0 Å². The third kappa shape index (κ3) is 3.21. The van der Waals surface area contributed by atoms with Crippen molar-refractivity contribution in [2.45, 2.75) is 25.0 Å². The number of carbonyl (C=O) groups excluding carboxylic acids is 2. The molecule has 0 aromatic carbocycles. The Kier molecular flexibility index (Phi) is 3.62. The van der Waals surface area contributed by atoms with Gasteiger partial charge in [0.05, 0.1) is 6.54 Å². The van der Waals surface area contributed by atoms with Crippen LogP contribution in [0.4, 0.5) is 0 Å². The third-order valence-corrected chi connectivity index (χ3v) is 2.07. The number of nitrogens with one attached hydrogen (secondary N) is 2. The van der Waals surface area contributed by atoms with Crippen molar-refractivity contribution < 1.29 is 24.6 Å². The highest BCUT2D eigenvalue weighted by Gasteiger charge is 2.27. The fourth-order valence-corrected chi connectivity index (χ4v) is 1.22. The van der Waals surface area contributed by atoms with E-state index in [2.05, 4.69) is 10.6 Å². The second-order valence-corrected chi connectivity index (χ2v) is 3.26. The van der Waals surface area contributed by atoms with E-state index in [9.17, 15) is 14.4 Å². The number of amides is 2. The largest absolute Gasteiger partial charge is 0.479 e. The maximum Gasteiger partial charge on any atom is 0.334 e. The fraction of sp³-hybridized carbons (Fsp3) is 0.625. The molecular weight excluding hydrogens is 204 g/mol. The Bertz CT molecular complexity index is 291. The molecule has 0 radical (unpaired) electrons. The van der Waals surface area contributed by atoms with E-state index in [1.807, 2.05) is 0 Å². The average Bonchev–Trinajstić information content (AvgIpc) is 2.60. The van der Waals surface area contributed by atoms with E-state index in [1.165, 1.54) is 0 Å². The first kappa shape index (κ1) is 11.4. The Morgan fingerprint density at radius 3 is 2.73 bits per heavy atom. The molecule has 1 rings (SSSR count). The van der Waals surface area contributed by atoms with Gasteiger partial charge in [-0.1, -0.05) is 0 Å². The minimum atomic E-state index is -1.62. The molecule has 1 heterocycles. The molecule has 15 heavy (non-hydrogen) atoms. The number of rotatable bonds is 4. The lowest BCUT2D eigenvalue weighted by Gasteiger charge is -2.11. The van der Waals surface area contributed by atoms with Gasteiger partial charge in [0.25, 0.3) is 0 Å². The van der Waals surface area contributed by atoms with Crippen molar-refractivity contribution >= 4 is 17.8 Å². The molecule has 84 valence electrons. The molecule has 4 N–H and O–H groups in total. The molecule has 2 atom stereocenters. The fourth-order valence-electron chi connectivity index (χ4n) is 1.22. The summed E-state index contributed by atoms with van der Waals surface area (Å²) < 4.78 is 0. The van der Waals surface area contributed by atoms with Crippen LogP contribution in [0.3, 0.4) is 0 Å². The predicted octanol–water partition coefficient (Wildman–Crippen LogP) is -2.17. The van der Waals surface area contributed by atoms with E-state index in [0.717, 1.165) is 0 Å². The van der Waals surface area contributed by atoms with Gasteiger partial charge in [0, 0.05) is 6.42 Å². The summed E-state index contributed by atoms with van der Waals surface area (Å²) in [5.74, 6) is -2.07. The SMILES string of the molecule is O=C1CC[C@H](C(=O)NC[C@H](O)C(=O)O)N1. The highest BCUT2D eigenvalue weighted by atomic mass is 16.4. The molecular formula is C8H12N2O5. The molecule has 2 amide bonds. The van der Waals surface area contributed by atoms with E-state index >= 15 is 0 Å². The van der Waals surface area contributed by atoms with Crippen LogP contribution in [0.25, 0.3) is 0 Å². The minimum absolute atomic E-state index is 0.200. The molecule has 0 bridgehead atoms. The number of hydrogen-bond donors (Lipinski definition) is 4. The van der Waals surface area contributed by atoms with Crippen molar-refractivity contribution in [1.82, 2.24) is 10.6 Å². The monoisotopic (exact) mass is 216 g/mol. The summed E-state index contributed by atoms with van der Waals surface area (Å²) >= 11 is 0. The molecule has 1 fully saturated rings. The number of carbonyl (C=O) groups is 3. The van der Waals surface area contributed by atoms with E-state index in [0.29, 0.717) is 12.8 Å². The Labute approximate surface area is 85.5 Å². The zero-order valence-electron chi connectivity index (χ0n) is 7.90. The zero-order chi connectivity index (χ0) is 11.4. The number of aliphatic carboxylic acids is 1. The van der Waals surface area contributed by atoms with E-state index in [-0.39, 0.29) is 12.5 Å². The molecule has 0 unspecified atom stereocenters. The Morgan fingerprint density at radius 2 is 2.27 bits per heavy atom. The molecule has 0 aliphatic carbocycles. The lowest BCUT2D eigenvalue weighted by atomic mass is 10.2. The van der Waals surface area contributed by atoms with Crippen molar-refractivity contribution in [3.63, 3.8) is 0 Å². The number of hydrogen-bond acceptors (Lipinski definition) is 4. The quantitative estimate of drug-likeness (QED) is 0.426. The summed E-state index contributed by atoms with van der Waals surface area (Å²) in [6, 6.07) is -0.613. The van der Waals surface area contributed by atoms with Crippen LogP contribution in [0.15, 0.2) is 0 Å². The first-order chi connectivity index (χ1) is 7.00. The summed E-state index contributed by atoms with van der Waals surface area (Å²) in [4.78, 5) is 32.3. The van der Waals surface area contributed by atoms with Gasteiger partial charge in [0.15, 0.2) is 6.10 Å². The van der Waals surface area contributed by atoms with Gasteiger partial charge in [-0.15, -0.1) is 0 Å². The first-order valence-electron chi connectivity index (χ1n) is 4.48. The van der Waals surface area contributed by atoms with E-state index in [1.54, 1.807) is 0 Å². The second kappa shape index (κ2) is 4.74. The van der Waals surface area contributed by atoms with Crippen LogP contribution in [0, 0.1) is 0 Å². The third-order valence-electron chi connectivity index (χ3n) is 2.07. The molecule has 7 nitrogen and oxygen atoms in total. The van der Waals surface area contributed by atoms with Crippen LogP contribution in [0.5, 0.6) is 0 Å². The van der Waals surface area contributed by atoms with Crippen molar-refractivity contribution in [1.29, 1.82) is 0 Å². The summed E-state index contributed by atoms with van der Waals surface area (Å²) in [7, 11) is 0. The maximum absolute atomic E-state index is 11.3. The Balaban J connectivity index is 2.30. The van der Waals surface area contributed by atoms with Gasteiger partial charge in [-0.3, -0.25) is 9.59 Å². The highest BCUT2D eigenvalue weighted by molar-refractivity contribution is 5.91. The number of carboxylic acids is 1. The van der Waals surface area contributed by atoms with E-state index < -0.39 is 24.0 Å². The second-order valence-electron chi connectivity index (χ2n) is 3.26. The molecule has 1 aliphatic heterocycles. The molecule has 0 spiro atoms. The molecule has 1 aliphatic rings. The highest BCUT2D eigenvalue weighted by Crippen LogP contribution is 2.05. The normalized spacial score (nSPS) is 21.9. The van der Waals surface area contributed by atoms with Gasteiger partial charge in [0.1, 0.15) is 6.04 Å². The topological polar surface area (TPSA) is 116 Å². The molecule has 0 aromatic heterocycles. The number of aliphatic hydroxyl groups is 1. The lowest BCUT2D eigenvalue weighted by Crippen LogP contribution is -2.45. The summed E-state index contributed by atoms with van der Waals surface area (Å²) in [5, 5.41) is 21.9. The maximum atomic E-state index is 11.3. The lowest BCUT2D eigenvalue weighted by molar-refractivity contribution is -0.146. The van der Waals surface area contributed by atoms with Gasteiger partial charge >= 0.3 is 5.97 Å². The standard InChI is InChI=1S/C8H12N2O5/c11-5(8(14)15)3-9-7(13)4-1-2-6(12)10-4/h4-5,11H,1-3H2,(H,9,13)(H,10,12)(H,14,15)/t4-,5+/m1/s1.